The smallest absolute Gasteiger partial charge is 0.189 e. The van der Waals surface area contributed by atoms with Crippen LogP contribution in [-0.2, 0) is 13.0 Å². The molecule has 102 valence electrons. The second-order valence-corrected chi connectivity index (χ2v) is 7.88. The Balaban J connectivity index is 2.20. The summed E-state index contributed by atoms with van der Waals surface area (Å²) < 4.78 is 0. The predicted octanol–water partition coefficient (Wildman–Crippen LogP) is 2.10. The van der Waals surface area contributed by atoms with Crippen molar-refractivity contribution in [2.45, 2.75) is 30.1 Å². The molecule has 1 N–H and O–H groups in total. The number of thiophene rings is 1. The average molecular weight is 313 g/mol. The number of hydrogen-bond donors (Lipinski definition) is 1. The lowest BCUT2D eigenvalue weighted by Crippen LogP contribution is -3.08. The van der Waals surface area contributed by atoms with Crippen molar-refractivity contribution in [2.24, 2.45) is 0 Å². The van der Waals surface area contributed by atoms with Gasteiger partial charge in [0.05, 0.1) is 18.5 Å². The fourth-order valence-electron chi connectivity index (χ4n) is 2.49. The summed E-state index contributed by atoms with van der Waals surface area (Å²) in [7, 11) is 2.27. The van der Waals surface area contributed by atoms with Crippen LogP contribution in [0.15, 0.2) is 10.2 Å². The number of rotatable bonds is 3. The molecule has 1 aliphatic heterocycles. The number of quaternary nitrogens is 1. The van der Waals surface area contributed by atoms with E-state index in [1.54, 1.807) is 16.7 Å². The highest BCUT2D eigenvalue weighted by molar-refractivity contribution is 7.99. The second kappa shape index (κ2) is 5.60. The van der Waals surface area contributed by atoms with Gasteiger partial charge in [-0.3, -0.25) is 0 Å². The average Bonchev–Trinajstić information content (AvgIpc) is 2.76. The molecule has 0 aromatic carbocycles. The van der Waals surface area contributed by atoms with E-state index in [1.165, 1.54) is 38.6 Å². The van der Waals surface area contributed by atoms with Crippen molar-refractivity contribution in [3.8, 4) is 0 Å². The zero-order valence-corrected chi connectivity index (χ0v) is 13.9. The van der Waals surface area contributed by atoms with E-state index in [0.717, 1.165) is 17.5 Å². The topological polar surface area (TPSA) is 30.2 Å². The summed E-state index contributed by atoms with van der Waals surface area (Å²) in [5.41, 5.74) is 1.52. The van der Waals surface area contributed by atoms with Crippen LogP contribution in [0, 0.1) is 0 Å². The molecular formula is C13H18N3S3+. The fourth-order valence-corrected chi connectivity index (χ4v) is 5.16. The van der Waals surface area contributed by atoms with Crippen molar-refractivity contribution in [3.63, 3.8) is 0 Å². The molecule has 2 aromatic heterocycles. The van der Waals surface area contributed by atoms with Crippen LogP contribution in [0.4, 0.5) is 0 Å². The maximum absolute atomic E-state index is 4.72. The first-order chi connectivity index (χ1) is 9.22. The Labute approximate surface area is 126 Å². The Hall–Kier alpha value is -0.300. The Morgan fingerprint density at radius 2 is 2.21 bits per heavy atom. The summed E-state index contributed by atoms with van der Waals surface area (Å²) in [6.07, 6.45) is 3.22. The molecule has 0 aliphatic carbocycles. The van der Waals surface area contributed by atoms with Gasteiger partial charge in [0.25, 0.3) is 0 Å². The summed E-state index contributed by atoms with van der Waals surface area (Å²) in [6, 6.07) is 0. The summed E-state index contributed by atoms with van der Waals surface area (Å²) in [4.78, 5) is 13.7. The highest BCUT2D eigenvalue weighted by Gasteiger charge is 2.24. The highest BCUT2D eigenvalue weighted by atomic mass is 32.2. The molecule has 0 bridgehead atoms. The van der Waals surface area contributed by atoms with Crippen molar-refractivity contribution in [2.75, 3.05) is 25.6 Å². The molecule has 0 saturated carbocycles. The molecule has 19 heavy (non-hydrogen) atoms. The van der Waals surface area contributed by atoms with Crippen molar-refractivity contribution < 1.29 is 4.90 Å². The highest BCUT2D eigenvalue weighted by Crippen LogP contribution is 2.37. The van der Waals surface area contributed by atoms with Crippen LogP contribution < -0.4 is 4.90 Å². The maximum atomic E-state index is 4.72. The van der Waals surface area contributed by atoms with Gasteiger partial charge < -0.3 is 4.90 Å². The first-order valence-electron chi connectivity index (χ1n) is 6.53. The van der Waals surface area contributed by atoms with Gasteiger partial charge in [-0.2, -0.15) is 0 Å². The molecule has 3 heterocycles. The van der Waals surface area contributed by atoms with Gasteiger partial charge in [-0.1, -0.05) is 18.7 Å². The third kappa shape index (κ3) is 2.51. The van der Waals surface area contributed by atoms with E-state index in [0.29, 0.717) is 0 Å². The monoisotopic (exact) mass is 312 g/mol. The summed E-state index contributed by atoms with van der Waals surface area (Å²) in [6.45, 7) is 4.55. The minimum atomic E-state index is 0.905. The van der Waals surface area contributed by atoms with Gasteiger partial charge in [-0.25, -0.2) is 9.97 Å². The number of fused-ring (bicyclic) bond motifs is 3. The van der Waals surface area contributed by atoms with Crippen LogP contribution in [0.2, 0.25) is 0 Å². The van der Waals surface area contributed by atoms with Gasteiger partial charge in [0.15, 0.2) is 5.16 Å². The molecule has 6 heteroatoms. The third-order valence-corrected chi connectivity index (χ3v) is 5.94. The van der Waals surface area contributed by atoms with Crippen molar-refractivity contribution in [1.29, 1.82) is 0 Å². The minimum absolute atomic E-state index is 0.905. The van der Waals surface area contributed by atoms with Gasteiger partial charge >= 0.3 is 0 Å². The quantitative estimate of drug-likeness (QED) is 0.534. The van der Waals surface area contributed by atoms with Gasteiger partial charge in [-0.05, 0) is 17.6 Å². The standard InChI is InChI=1S/C13H17N3S3/c1-4-18-11-10-8-5-6-16(2)7-9(8)19-12(10)15-13(14-11)17-3/h4-7H2,1-3H3/p+1. The lowest BCUT2D eigenvalue weighted by Gasteiger charge is -2.19. The molecule has 1 unspecified atom stereocenters. The number of nitrogens with zero attached hydrogens (tertiary/aromatic N) is 2. The van der Waals surface area contributed by atoms with E-state index in [2.05, 4.69) is 14.0 Å². The molecule has 0 saturated heterocycles. The number of likely N-dealkylation sites (N-methyl/N-ethyl adjacent to an activating group) is 1. The Morgan fingerprint density at radius 3 is 2.95 bits per heavy atom. The number of thioether (sulfide) groups is 2. The molecule has 2 aromatic rings. The van der Waals surface area contributed by atoms with Gasteiger partial charge in [0.1, 0.15) is 16.4 Å². The van der Waals surface area contributed by atoms with E-state index in [9.17, 15) is 0 Å². The Bertz CT molecular complexity index is 609. The normalized spacial score (nSPS) is 18.8. The van der Waals surface area contributed by atoms with E-state index in [1.807, 2.05) is 29.4 Å². The van der Waals surface area contributed by atoms with Crippen LogP contribution in [0.3, 0.4) is 0 Å². The predicted molar refractivity (Wildman–Crippen MR) is 84.8 cm³/mol. The number of hydrogen-bond acceptors (Lipinski definition) is 5. The van der Waals surface area contributed by atoms with Crippen molar-refractivity contribution in [1.82, 2.24) is 9.97 Å². The summed E-state index contributed by atoms with van der Waals surface area (Å²) >= 11 is 5.36. The van der Waals surface area contributed by atoms with Crippen molar-refractivity contribution >= 4 is 45.1 Å². The first-order valence-corrected chi connectivity index (χ1v) is 9.56. The number of nitrogens with one attached hydrogen (secondary N) is 1. The first kappa shape index (κ1) is 13.7. The van der Waals surface area contributed by atoms with Gasteiger partial charge in [0, 0.05) is 11.8 Å². The zero-order valence-electron chi connectivity index (χ0n) is 11.4. The zero-order chi connectivity index (χ0) is 13.4. The minimum Gasteiger partial charge on any atom is -0.333 e. The van der Waals surface area contributed by atoms with Gasteiger partial charge in [-0.15, -0.1) is 23.1 Å². The molecule has 0 amide bonds. The van der Waals surface area contributed by atoms with E-state index >= 15 is 0 Å². The second-order valence-electron chi connectivity index (χ2n) is 4.77. The molecule has 3 rings (SSSR count). The molecule has 1 atom stereocenters. The van der Waals surface area contributed by atoms with Crippen LogP contribution in [0.5, 0.6) is 0 Å². The Kier molecular flexibility index (Phi) is 4.03. The van der Waals surface area contributed by atoms with Crippen LogP contribution in [-0.4, -0.2) is 35.6 Å². The van der Waals surface area contributed by atoms with Crippen molar-refractivity contribution in [3.05, 3.63) is 10.4 Å². The summed E-state index contributed by atoms with van der Waals surface area (Å²) in [5, 5.41) is 3.44. The molecule has 1 aliphatic rings. The SMILES string of the molecule is CCSc1nc(SC)nc2sc3c(c12)CC[NH+](C)C3. The molecule has 0 fully saturated rings. The fraction of sp³-hybridized carbons (Fsp3) is 0.538. The lowest BCUT2D eigenvalue weighted by molar-refractivity contribution is -0.895. The van der Waals surface area contributed by atoms with Crippen LogP contribution in [0.25, 0.3) is 10.2 Å². The molecule has 0 radical (unpaired) electrons. The lowest BCUT2D eigenvalue weighted by atomic mass is 10.1. The van der Waals surface area contributed by atoms with E-state index in [-0.39, 0.29) is 0 Å². The third-order valence-electron chi connectivity index (χ3n) is 3.41. The maximum Gasteiger partial charge on any atom is 0.189 e. The number of aromatic nitrogens is 2. The van der Waals surface area contributed by atoms with E-state index in [4.69, 9.17) is 9.97 Å². The van der Waals surface area contributed by atoms with Crippen LogP contribution >= 0.6 is 34.9 Å². The molecular weight excluding hydrogens is 294 g/mol. The summed E-state index contributed by atoms with van der Waals surface area (Å²) in [5.74, 6) is 1.07. The van der Waals surface area contributed by atoms with Crippen LogP contribution in [0.1, 0.15) is 17.4 Å². The van der Waals surface area contributed by atoms with E-state index < -0.39 is 0 Å². The largest absolute Gasteiger partial charge is 0.333 e. The Morgan fingerprint density at radius 1 is 1.37 bits per heavy atom. The van der Waals surface area contributed by atoms with Gasteiger partial charge in [0.2, 0.25) is 0 Å². The molecule has 3 nitrogen and oxygen atoms in total. The molecule has 0 spiro atoms.